The molecule has 35 heavy (non-hydrogen) atoms. The molecule has 1 aliphatic heterocycles. The van der Waals surface area contributed by atoms with Crippen molar-refractivity contribution in [2.45, 2.75) is 0 Å². The first-order valence-electron chi connectivity index (χ1n) is 12.1. The molecule has 0 unspecified atom stereocenters. The van der Waals surface area contributed by atoms with Crippen molar-refractivity contribution in [3.8, 4) is 0 Å². The van der Waals surface area contributed by atoms with Gasteiger partial charge >= 0.3 is 0 Å². The summed E-state index contributed by atoms with van der Waals surface area (Å²) in [5.41, 5.74) is 9.14. The number of hydrogen-bond donors (Lipinski definition) is 0. The lowest BCUT2D eigenvalue weighted by molar-refractivity contribution is 1.58. The van der Waals surface area contributed by atoms with Gasteiger partial charge in [0.15, 0.2) is 8.07 Å². The summed E-state index contributed by atoms with van der Waals surface area (Å²) in [4.78, 5) is 0. The monoisotopic (exact) mass is 462 g/mol. The fraction of sp³-hybridized carbons (Fsp3) is 0. The third-order valence-electron chi connectivity index (χ3n) is 6.94. The Hall–Kier alpha value is -4.20. The molecular formula is C34H26Si. The molecule has 0 fully saturated rings. The van der Waals surface area contributed by atoms with Gasteiger partial charge in [0.05, 0.1) is 0 Å². The molecule has 0 atom stereocenters. The Kier molecular flexibility index (Phi) is 5.61. The molecule has 1 aliphatic rings. The third kappa shape index (κ3) is 3.71. The molecule has 0 aromatic heterocycles. The molecule has 0 saturated carbocycles. The molecule has 0 radical (unpaired) electrons. The maximum Gasteiger partial charge on any atom is 0.174 e. The minimum absolute atomic E-state index is 1.26. The van der Waals surface area contributed by atoms with Crippen LogP contribution in [0, 0.1) is 0 Å². The second-order valence-corrected chi connectivity index (χ2v) is 12.5. The zero-order valence-corrected chi connectivity index (χ0v) is 20.5. The number of hydrogen-bond acceptors (Lipinski definition) is 0. The predicted octanol–water partition coefficient (Wildman–Crippen LogP) is 7.04. The van der Waals surface area contributed by atoms with Gasteiger partial charge in [-0.3, -0.25) is 0 Å². The number of rotatable bonds is 5. The van der Waals surface area contributed by atoms with Gasteiger partial charge in [0.1, 0.15) is 0 Å². The van der Waals surface area contributed by atoms with Crippen molar-refractivity contribution in [3.63, 3.8) is 0 Å². The normalized spacial score (nSPS) is 14.6. The van der Waals surface area contributed by atoms with E-state index in [1.807, 2.05) is 0 Å². The summed E-state index contributed by atoms with van der Waals surface area (Å²) in [6.45, 7) is 0. The van der Waals surface area contributed by atoms with Crippen molar-refractivity contribution in [1.82, 2.24) is 0 Å². The quantitative estimate of drug-likeness (QED) is 0.246. The first-order chi connectivity index (χ1) is 17.4. The van der Waals surface area contributed by atoms with Gasteiger partial charge in [-0.05, 0) is 43.4 Å². The van der Waals surface area contributed by atoms with Gasteiger partial charge in [-0.2, -0.15) is 0 Å². The molecule has 0 N–H and O–H groups in total. The van der Waals surface area contributed by atoms with Crippen LogP contribution in [-0.4, -0.2) is 8.07 Å². The lowest BCUT2D eigenvalue weighted by atomic mass is 9.92. The summed E-state index contributed by atoms with van der Waals surface area (Å²) in [7, 11) is -2.53. The highest BCUT2D eigenvalue weighted by Crippen LogP contribution is 2.48. The highest BCUT2D eigenvalue weighted by molar-refractivity contribution is 7.21. The lowest BCUT2D eigenvalue weighted by Gasteiger charge is -2.31. The minimum atomic E-state index is -2.53. The van der Waals surface area contributed by atoms with Crippen LogP contribution in [0.5, 0.6) is 0 Å². The molecule has 166 valence electrons. The summed E-state index contributed by atoms with van der Waals surface area (Å²) < 4.78 is 0. The van der Waals surface area contributed by atoms with Crippen LogP contribution in [0.15, 0.2) is 157 Å². The van der Waals surface area contributed by atoms with Crippen molar-refractivity contribution < 1.29 is 0 Å². The molecule has 6 rings (SSSR count). The van der Waals surface area contributed by atoms with Crippen LogP contribution in [0.25, 0.3) is 16.3 Å². The van der Waals surface area contributed by atoms with Gasteiger partial charge in [-0.15, -0.1) is 0 Å². The average Bonchev–Trinajstić information content (AvgIpc) is 3.33. The largest absolute Gasteiger partial charge is 0.174 e. The minimum Gasteiger partial charge on any atom is -0.0733 e. The molecule has 1 heteroatoms. The number of benzene rings is 5. The van der Waals surface area contributed by atoms with E-state index < -0.39 is 8.07 Å². The molecule has 0 aliphatic carbocycles. The predicted molar refractivity (Wildman–Crippen MR) is 152 cm³/mol. The standard InChI is InChI=1S/C34H26Si/c1-6-16-27(17-7-1)32-26-35(30-22-12-4-13-23-30,31-24-14-5-15-25-31)34(29-20-10-3-11-21-29)33(32)28-18-8-2-9-19-28/h1-26H. The maximum absolute atomic E-state index is 2.64. The van der Waals surface area contributed by atoms with E-state index >= 15 is 0 Å². The van der Waals surface area contributed by atoms with Crippen molar-refractivity contribution >= 4 is 34.8 Å². The van der Waals surface area contributed by atoms with E-state index in [0.29, 0.717) is 0 Å². The van der Waals surface area contributed by atoms with E-state index in [2.05, 4.69) is 157 Å². The molecule has 0 nitrogen and oxygen atoms in total. The fourth-order valence-corrected chi connectivity index (χ4v) is 10.3. The van der Waals surface area contributed by atoms with Crippen LogP contribution in [0.3, 0.4) is 0 Å². The van der Waals surface area contributed by atoms with Crippen molar-refractivity contribution in [3.05, 3.63) is 174 Å². The molecule has 1 heterocycles. The molecule has 0 saturated heterocycles. The maximum atomic E-state index is 2.64. The van der Waals surface area contributed by atoms with Gasteiger partial charge in [-0.25, -0.2) is 0 Å². The summed E-state index contributed by atoms with van der Waals surface area (Å²) in [6, 6.07) is 55.1. The van der Waals surface area contributed by atoms with Crippen LogP contribution in [0.2, 0.25) is 0 Å². The smallest absolute Gasteiger partial charge is 0.0733 e. The van der Waals surface area contributed by atoms with Crippen LogP contribution < -0.4 is 10.4 Å². The summed E-state index contributed by atoms with van der Waals surface area (Å²) in [5.74, 6) is 0. The molecular weight excluding hydrogens is 436 g/mol. The first kappa shape index (κ1) is 21.3. The number of allylic oxidation sites excluding steroid dienone is 2. The Bertz CT molecular complexity index is 1440. The molecule has 5 aromatic carbocycles. The summed E-state index contributed by atoms with van der Waals surface area (Å²) in [6.07, 6.45) is 0. The second kappa shape index (κ2) is 9.21. The van der Waals surface area contributed by atoms with Crippen LogP contribution in [0.4, 0.5) is 0 Å². The van der Waals surface area contributed by atoms with E-state index in [0.717, 1.165) is 0 Å². The Balaban J connectivity index is 1.80. The van der Waals surface area contributed by atoms with Crippen molar-refractivity contribution in [2.24, 2.45) is 0 Å². The molecule has 0 spiro atoms. The van der Waals surface area contributed by atoms with E-state index in [1.165, 1.54) is 43.4 Å². The Morgan fingerprint density at radius 2 is 0.714 bits per heavy atom. The zero-order valence-electron chi connectivity index (χ0n) is 19.5. The Morgan fingerprint density at radius 3 is 1.17 bits per heavy atom. The first-order valence-corrected chi connectivity index (χ1v) is 14.2. The second-order valence-electron chi connectivity index (χ2n) is 8.95. The van der Waals surface area contributed by atoms with E-state index in [4.69, 9.17) is 0 Å². The topological polar surface area (TPSA) is 0 Å². The fourth-order valence-electron chi connectivity index (χ4n) is 5.44. The SMILES string of the molecule is C1=C(c2ccccc2)C(c2ccccc2)=C(c2ccccc2)[Si]1(c1ccccc1)c1ccccc1. The van der Waals surface area contributed by atoms with Crippen LogP contribution in [-0.2, 0) is 0 Å². The zero-order chi connectivity index (χ0) is 23.5. The highest BCUT2D eigenvalue weighted by Gasteiger charge is 2.46. The average molecular weight is 463 g/mol. The van der Waals surface area contributed by atoms with Gasteiger partial charge in [-0.1, -0.05) is 157 Å². The van der Waals surface area contributed by atoms with Gasteiger partial charge in [0.25, 0.3) is 0 Å². The molecule has 0 amide bonds. The molecule has 5 aromatic rings. The van der Waals surface area contributed by atoms with Crippen molar-refractivity contribution in [2.75, 3.05) is 0 Å². The van der Waals surface area contributed by atoms with Gasteiger partial charge in [0, 0.05) is 0 Å². The van der Waals surface area contributed by atoms with E-state index in [1.54, 1.807) is 0 Å². The third-order valence-corrected chi connectivity index (χ3v) is 11.5. The lowest BCUT2D eigenvalue weighted by Crippen LogP contribution is -2.57. The van der Waals surface area contributed by atoms with Crippen LogP contribution >= 0.6 is 0 Å². The highest BCUT2D eigenvalue weighted by atomic mass is 28.3. The van der Waals surface area contributed by atoms with E-state index in [9.17, 15) is 0 Å². The summed E-state index contributed by atoms with van der Waals surface area (Å²) >= 11 is 0. The van der Waals surface area contributed by atoms with Gasteiger partial charge < -0.3 is 0 Å². The van der Waals surface area contributed by atoms with E-state index in [-0.39, 0.29) is 0 Å². The summed E-state index contributed by atoms with van der Waals surface area (Å²) in [5, 5.41) is 4.27. The Labute approximate surface area is 208 Å². The van der Waals surface area contributed by atoms with Crippen LogP contribution in [0.1, 0.15) is 16.7 Å². The molecule has 0 bridgehead atoms. The Morgan fingerprint density at radius 1 is 0.343 bits per heavy atom. The van der Waals surface area contributed by atoms with Crippen molar-refractivity contribution in [1.29, 1.82) is 0 Å². The van der Waals surface area contributed by atoms with Gasteiger partial charge in [0.2, 0.25) is 0 Å².